The van der Waals surface area contributed by atoms with Crippen LogP contribution in [0.5, 0.6) is 5.75 Å². The number of carbonyl (C=O) groups excluding carboxylic acids is 2. The number of hydrogen-bond acceptors (Lipinski definition) is 3. The van der Waals surface area contributed by atoms with Crippen molar-refractivity contribution in [2.75, 3.05) is 16.8 Å². The molecule has 0 fully saturated rings. The predicted molar refractivity (Wildman–Crippen MR) is 96.7 cm³/mol. The molecule has 0 radical (unpaired) electrons. The third-order valence-electron chi connectivity index (χ3n) is 3.95. The molecule has 5 nitrogen and oxygen atoms in total. The number of ether oxygens (including phenoxy) is 1. The van der Waals surface area contributed by atoms with Crippen molar-refractivity contribution >= 4 is 39.1 Å². The Bertz CT molecular complexity index is 856. The highest BCUT2D eigenvalue weighted by Crippen LogP contribution is 2.37. The highest BCUT2D eigenvalue weighted by Gasteiger charge is 2.49. The summed E-state index contributed by atoms with van der Waals surface area (Å²) in [6, 6.07) is 10.1. The van der Waals surface area contributed by atoms with Gasteiger partial charge in [-0.05, 0) is 36.4 Å². The summed E-state index contributed by atoms with van der Waals surface area (Å²) in [6.07, 6.45) is -5.66. The highest BCUT2D eigenvalue weighted by molar-refractivity contribution is 9.10. The van der Waals surface area contributed by atoms with Crippen LogP contribution in [-0.2, 0) is 9.59 Å². The van der Waals surface area contributed by atoms with Crippen LogP contribution < -0.4 is 15.0 Å². The van der Waals surface area contributed by atoms with E-state index in [0.717, 1.165) is 4.47 Å². The van der Waals surface area contributed by atoms with Crippen LogP contribution in [0.4, 0.5) is 24.5 Å². The first-order valence-electron chi connectivity index (χ1n) is 7.92. The fourth-order valence-electron chi connectivity index (χ4n) is 2.74. The quantitative estimate of drug-likeness (QED) is 0.777. The lowest BCUT2D eigenvalue weighted by Crippen LogP contribution is -2.51. The number of benzene rings is 2. The average molecular weight is 443 g/mol. The van der Waals surface area contributed by atoms with Crippen LogP contribution in [0.1, 0.15) is 6.42 Å². The van der Waals surface area contributed by atoms with Crippen LogP contribution in [0.3, 0.4) is 0 Å². The van der Waals surface area contributed by atoms with Crippen LogP contribution in [0, 0.1) is 0 Å². The first-order chi connectivity index (χ1) is 12.8. The van der Waals surface area contributed by atoms with Gasteiger partial charge in [-0.25, -0.2) is 0 Å². The van der Waals surface area contributed by atoms with E-state index in [-0.39, 0.29) is 11.4 Å². The predicted octanol–water partition coefficient (Wildman–Crippen LogP) is 4.13. The van der Waals surface area contributed by atoms with Gasteiger partial charge in [-0.15, -0.1) is 0 Å². The van der Waals surface area contributed by atoms with Gasteiger partial charge in [-0.3, -0.25) is 14.5 Å². The van der Waals surface area contributed by atoms with Gasteiger partial charge in [-0.1, -0.05) is 28.1 Å². The van der Waals surface area contributed by atoms with Crippen molar-refractivity contribution in [2.45, 2.75) is 18.6 Å². The van der Waals surface area contributed by atoms with Crippen LogP contribution in [-0.4, -0.2) is 30.6 Å². The second kappa shape index (κ2) is 7.59. The number of anilines is 2. The number of carbonyl (C=O) groups is 2. The Morgan fingerprint density at radius 3 is 2.52 bits per heavy atom. The van der Waals surface area contributed by atoms with E-state index in [1.54, 1.807) is 30.3 Å². The number of amides is 2. The van der Waals surface area contributed by atoms with Gasteiger partial charge in [0.2, 0.25) is 5.91 Å². The summed E-state index contributed by atoms with van der Waals surface area (Å²) in [7, 11) is 0. The van der Waals surface area contributed by atoms with Crippen molar-refractivity contribution in [2.24, 2.45) is 0 Å². The molecule has 2 aromatic rings. The average Bonchev–Trinajstić information content (AvgIpc) is 2.76. The largest absolute Gasteiger partial charge is 0.484 e. The molecule has 0 saturated heterocycles. The lowest BCUT2D eigenvalue weighted by molar-refractivity contribution is -0.158. The Kier molecular flexibility index (Phi) is 5.41. The van der Waals surface area contributed by atoms with Crippen molar-refractivity contribution in [3.8, 4) is 5.75 Å². The number of rotatable bonds is 3. The molecule has 9 heteroatoms. The second-order valence-electron chi connectivity index (χ2n) is 5.83. The van der Waals surface area contributed by atoms with Crippen molar-refractivity contribution in [3.05, 3.63) is 53.0 Å². The number of hydrogen-bond donors (Lipinski definition) is 1. The summed E-state index contributed by atoms with van der Waals surface area (Å²) >= 11 is 3.26. The van der Waals surface area contributed by atoms with Gasteiger partial charge in [0.1, 0.15) is 11.8 Å². The summed E-state index contributed by atoms with van der Waals surface area (Å²) in [4.78, 5) is 25.2. The Morgan fingerprint density at radius 2 is 1.85 bits per heavy atom. The zero-order chi connectivity index (χ0) is 19.6. The molecule has 0 bridgehead atoms. The standard InChI is InChI=1S/C18H14BrF3N2O3/c19-11-5-7-12(8-6-11)27-10-17(26)24-14-4-2-1-3-13(14)23-16(25)9-15(24)18(20,21)22/h1-8,15H,9-10H2,(H,23,25). The molecular formula is C18H14BrF3N2O3. The monoisotopic (exact) mass is 442 g/mol. The Balaban J connectivity index is 1.91. The van der Waals surface area contributed by atoms with Crippen molar-refractivity contribution in [1.29, 1.82) is 0 Å². The molecule has 1 N–H and O–H groups in total. The summed E-state index contributed by atoms with van der Waals surface area (Å²) in [6.45, 7) is -0.600. The molecule has 0 aromatic heterocycles. The van der Waals surface area contributed by atoms with Gasteiger partial charge in [0.05, 0.1) is 17.8 Å². The lowest BCUT2D eigenvalue weighted by atomic mass is 10.1. The first kappa shape index (κ1) is 19.2. The maximum atomic E-state index is 13.6. The van der Waals surface area contributed by atoms with Crippen LogP contribution >= 0.6 is 15.9 Å². The van der Waals surface area contributed by atoms with Gasteiger partial charge in [0.15, 0.2) is 6.61 Å². The SMILES string of the molecule is O=C1CC(C(F)(F)F)N(C(=O)COc2ccc(Br)cc2)c2ccccc2N1. The van der Waals surface area contributed by atoms with Crippen molar-refractivity contribution < 1.29 is 27.5 Å². The topological polar surface area (TPSA) is 58.6 Å². The molecule has 2 aromatic carbocycles. The van der Waals surface area contributed by atoms with E-state index in [0.29, 0.717) is 10.6 Å². The molecule has 1 heterocycles. The summed E-state index contributed by atoms with van der Waals surface area (Å²) < 4.78 is 46.9. The molecule has 0 spiro atoms. The third-order valence-corrected chi connectivity index (χ3v) is 4.48. The summed E-state index contributed by atoms with van der Waals surface area (Å²) in [5.41, 5.74) is 0.126. The molecule has 0 aliphatic carbocycles. The molecule has 1 aliphatic heterocycles. The van der Waals surface area contributed by atoms with Gasteiger partial charge >= 0.3 is 6.18 Å². The van der Waals surface area contributed by atoms with Crippen LogP contribution in [0.25, 0.3) is 0 Å². The molecule has 0 saturated carbocycles. The smallest absolute Gasteiger partial charge is 0.409 e. The number of halogens is 4. The zero-order valence-electron chi connectivity index (χ0n) is 13.8. The van der Waals surface area contributed by atoms with Gasteiger partial charge in [-0.2, -0.15) is 13.2 Å². The number of fused-ring (bicyclic) bond motifs is 1. The fraction of sp³-hybridized carbons (Fsp3) is 0.222. The van der Waals surface area contributed by atoms with E-state index in [9.17, 15) is 22.8 Å². The van der Waals surface area contributed by atoms with Crippen LogP contribution in [0.2, 0.25) is 0 Å². The number of nitrogens with one attached hydrogen (secondary N) is 1. The third kappa shape index (κ3) is 4.41. The lowest BCUT2D eigenvalue weighted by Gasteiger charge is -2.31. The molecule has 2 amide bonds. The van der Waals surface area contributed by atoms with Gasteiger partial charge in [0, 0.05) is 4.47 Å². The van der Waals surface area contributed by atoms with Crippen LogP contribution in [0.15, 0.2) is 53.0 Å². The fourth-order valence-corrected chi connectivity index (χ4v) is 3.01. The maximum absolute atomic E-state index is 13.6. The van der Waals surface area contributed by atoms with E-state index in [2.05, 4.69) is 21.2 Å². The molecule has 142 valence electrons. The molecule has 1 unspecified atom stereocenters. The molecule has 27 heavy (non-hydrogen) atoms. The van der Waals surface area contributed by atoms with Crippen molar-refractivity contribution in [3.63, 3.8) is 0 Å². The van der Waals surface area contributed by atoms with E-state index in [4.69, 9.17) is 4.74 Å². The first-order valence-corrected chi connectivity index (χ1v) is 8.71. The maximum Gasteiger partial charge on any atom is 0.409 e. The van der Waals surface area contributed by atoms with E-state index in [1.807, 2.05) is 0 Å². The van der Waals surface area contributed by atoms with E-state index < -0.39 is 37.1 Å². The van der Waals surface area contributed by atoms with Gasteiger partial charge < -0.3 is 10.1 Å². The second-order valence-corrected chi connectivity index (χ2v) is 6.75. The minimum atomic E-state index is -4.78. The van der Waals surface area contributed by atoms with Crippen molar-refractivity contribution in [1.82, 2.24) is 0 Å². The number of nitrogens with zero attached hydrogens (tertiary/aromatic N) is 1. The van der Waals surface area contributed by atoms with E-state index in [1.165, 1.54) is 18.2 Å². The highest BCUT2D eigenvalue weighted by atomic mass is 79.9. The molecule has 1 atom stereocenters. The zero-order valence-corrected chi connectivity index (χ0v) is 15.4. The Labute approximate surface area is 161 Å². The van der Waals surface area contributed by atoms with E-state index >= 15 is 0 Å². The summed E-state index contributed by atoms with van der Waals surface area (Å²) in [5, 5.41) is 2.41. The molecular weight excluding hydrogens is 429 g/mol. The summed E-state index contributed by atoms with van der Waals surface area (Å²) in [5.74, 6) is -1.37. The number of para-hydroxylation sites is 2. The Hall–Kier alpha value is -2.55. The molecule has 3 rings (SSSR count). The van der Waals surface area contributed by atoms with Gasteiger partial charge in [0.25, 0.3) is 5.91 Å². The number of alkyl halides is 3. The normalized spacial score (nSPS) is 17.0. The minimum absolute atomic E-state index is 0.0184. The minimum Gasteiger partial charge on any atom is -0.484 e. The Morgan fingerprint density at radius 1 is 1.19 bits per heavy atom. The molecule has 1 aliphatic rings.